The Morgan fingerprint density at radius 3 is 2.57 bits per heavy atom. The topological polar surface area (TPSA) is 31.9 Å². The van der Waals surface area contributed by atoms with Crippen LogP contribution in [0, 0.1) is 17.5 Å². The molecule has 0 amide bonds. The van der Waals surface area contributed by atoms with Crippen molar-refractivity contribution in [2.24, 2.45) is 0 Å². The van der Waals surface area contributed by atoms with Crippen LogP contribution in [-0.4, -0.2) is 27.5 Å². The highest BCUT2D eigenvalue weighted by molar-refractivity contribution is 5.57. The van der Waals surface area contributed by atoms with E-state index in [9.17, 15) is 13.2 Å². The largest absolute Gasteiger partial charge is 0.340 e. The second-order valence-corrected chi connectivity index (χ2v) is 7.64. The molecule has 0 bridgehead atoms. The molecule has 1 unspecified atom stereocenters. The molecule has 6 heteroatoms. The van der Waals surface area contributed by atoms with Crippen molar-refractivity contribution in [2.45, 2.75) is 38.3 Å². The van der Waals surface area contributed by atoms with E-state index in [1.165, 1.54) is 18.2 Å². The SMILES string of the molecule is Fc1cc2c(cc1F)CC(N1CCc3nc(-c4ccccc4F)[nH]c3C1)CC2. The van der Waals surface area contributed by atoms with E-state index >= 15 is 0 Å². The summed E-state index contributed by atoms with van der Waals surface area (Å²) < 4.78 is 41.2. The van der Waals surface area contributed by atoms with Gasteiger partial charge in [-0.25, -0.2) is 18.2 Å². The highest BCUT2D eigenvalue weighted by Gasteiger charge is 2.29. The first-order valence-corrected chi connectivity index (χ1v) is 9.62. The molecular formula is C22H20F3N3. The number of hydrogen-bond acceptors (Lipinski definition) is 2. The van der Waals surface area contributed by atoms with Crippen LogP contribution >= 0.6 is 0 Å². The maximum absolute atomic E-state index is 14.1. The van der Waals surface area contributed by atoms with Gasteiger partial charge in [0.1, 0.15) is 11.6 Å². The lowest BCUT2D eigenvalue weighted by Crippen LogP contribution is -2.42. The minimum atomic E-state index is -0.775. The quantitative estimate of drug-likeness (QED) is 0.711. The van der Waals surface area contributed by atoms with Crippen molar-refractivity contribution in [3.63, 3.8) is 0 Å². The zero-order chi connectivity index (χ0) is 19.3. The molecule has 3 nitrogen and oxygen atoms in total. The lowest BCUT2D eigenvalue weighted by molar-refractivity contribution is 0.160. The van der Waals surface area contributed by atoms with E-state index in [1.54, 1.807) is 18.2 Å². The number of imidazole rings is 1. The third-order valence-corrected chi connectivity index (χ3v) is 5.95. The van der Waals surface area contributed by atoms with Gasteiger partial charge in [-0.3, -0.25) is 4.90 Å². The van der Waals surface area contributed by atoms with Crippen molar-refractivity contribution >= 4 is 0 Å². The van der Waals surface area contributed by atoms with E-state index in [-0.39, 0.29) is 11.9 Å². The molecule has 0 saturated heterocycles. The Kier molecular flexibility index (Phi) is 4.23. The normalized spacial score (nSPS) is 19.3. The highest BCUT2D eigenvalue weighted by Crippen LogP contribution is 2.30. The zero-order valence-corrected chi connectivity index (χ0v) is 15.3. The number of aryl methyl sites for hydroxylation is 1. The predicted octanol–water partition coefficient (Wildman–Crippen LogP) is 4.41. The van der Waals surface area contributed by atoms with Gasteiger partial charge in [-0.05, 0) is 54.7 Å². The van der Waals surface area contributed by atoms with E-state index < -0.39 is 11.6 Å². The average molecular weight is 383 g/mol. The summed E-state index contributed by atoms with van der Waals surface area (Å²) in [5.41, 5.74) is 4.29. The third-order valence-electron chi connectivity index (χ3n) is 5.95. The fourth-order valence-electron chi connectivity index (χ4n) is 4.45. The molecule has 1 atom stereocenters. The van der Waals surface area contributed by atoms with Crippen LogP contribution in [-0.2, 0) is 25.8 Å². The Morgan fingerprint density at radius 2 is 1.75 bits per heavy atom. The molecule has 1 N–H and O–H groups in total. The van der Waals surface area contributed by atoms with Crippen LogP contribution in [0.3, 0.4) is 0 Å². The number of hydrogen-bond donors (Lipinski definition) is 1. The van der Waals surface area contributed by atoms with Gasteiger partial charge in [-0.1, -0.05) is 12.1 Å². The van der Waals surface area contributed by atoms with Gasteiger partial charge >= 0.3 is 0 Å². The number of benzene rings is 2. The maximum atomic E-state index is 14.1. The van der Waals surface area contributed by atoms with Crippen molar-refractivity contribution in [1.82, 2.24) is 14.9 Å². The monoisotopic (exact) mass is 383 g/mol. The summed E-state index contributed by atoms with van der Waals surface area (Å²) in [5, 5.41) is 0. The van der Waals surface area contributed by atoms with Gasteiger partial charge < -0.3 is 4.98 Å². The Labute approximate surface area is 161 Å². The molecule has 0 fully saturated rings. The molecule has 1 aromatic heterocycles. The van der Waals surface area contributed by atoms with Crippen molar-refractivity contribution in [3.8, 4) is 11.4 Å². The number of nitrogens with zero attached hydrogens (tertiary/aromatic N) is 2. The molecular weight excluding hydrogens is 363 g/mol. The summed E-state index contributed by atoms with van der Waals surface area (Å²) in [6.07, 6.45) is 3.18. The summed E-state index contributed by atoms with van der Waals surface area (Å²) >= 11 is 0. The molecule has 2 aromatic carbocycles. The molecule has 144 valence electrons. The predicted molar refractivity (Wildman–Crippen MR) is 100 cm³/mol. The van der Waals surface area contributed by atoms with Crippen LogP contribution in [0.4, 0.5) is 13.2 Å². The average Bonchev–Trinajstić information content (AvgIpc) is 3.12. The molecule has 0 radical (unpaired) electrons. The minimum absolute atomic E-state index is 0.283. The molecule has 1 aliphatic carbocycles. The van der Waals surface area contributed by atoms with Crippen molar-refractivity contribution in [1.29, 1.82) is 0 Å². The molecule has 5 rings (SSSR count). The summed E-state index contributed by atoms with van der Waals surface area (Å²) in [6.45, 7) is 1.57. The summed E-state index contributed by atoms with van der Waals surface area (Å²) in [7, 11) is 0. The van der Waals surface area contributed by atoms with Gasteiger partial charge in [0.2, 0.25) is 0 Å². The van der Waals surface area contributed by atoms with Crippen LogP contribution in [0.5, 0.6) is 0 Å². The van der Waals surface area contributed by atoms with Crippen molar-refractivity contribution in [3.05, 3.63) is 76.4 Å². The number of rotatable bonds is 2. The minimum Gasteiger partial charge on any atom is -0.340 e. The zero-order valence-electron chi connectivity index (χ0n) is 15.3. The molecule has 2 heterocycles. The summed E-state index contributed by atoms with van der Waals surface area (Å²) in [4.78, 5) is 10.3. The second-order valence-electron chi connectivity index (χ2n) is 7.64. The fraction of sp³-hybridized carbons (Fsp3) is 0.318. The van der Waals surface area contributed by atoms with E-state index in [0.29, 0.717) is 17.9 Å². The van der Waals surface area contributed by atoms with E-state index in [0.717, 1.165) is 54.7 Å². The first-order chi connectivity index (χ1) is 13.6. The number of aromatic nitrogens is 2. The first kappa shape index (κ1) is 17.5. The summed E-state index contributed by atoms with van der Waals surface area (Å²) in [6, 6.07) is 9.59. The van der Waals surface area contributed by atoms with Gasteiger partial charge in [0.25, 0.3) is 0 Å². The Balaban J connectivity index is 1.36. The van der Waals surface area contributed by atoms with Gasteiger partial charge in [0, 0.05) is 25.6 Å². The van der Waals surface area contributed by atoms with Crippen LogP contribution < -0.4 is 0 Å². The van der Waals surface area contributed by atoms with E-state index in [1.807, 2.05) is 0 Å². The number of nitrogens with one attached hydrogen (secondary N) is 1. The van der Waals surface area contributed by atoms with Gasteiger partial charge in [0.05, 0.1) is 17.0 Å². The van der Waals surface area contributed by atoms with Gasteiger partial charge in [0.15, 0.2) is 11.6 Å². The van der Waals surface area contributed by atoms with Crippen molar-refractivity contribution < 1.29 is 13.2 Å². The first-order valence-electron chi connectivity index (χ1n) is 9.62. The smallest absolute Gasteiger partial charge is 0.159 e. The number of halogens is 3. The standard InChI is InChI=1S/C22H20F3N3/c23-17-4-2-1-3-16(17)22-26-20-7-8-28(12-21(20)27-22)15-6-5-13-10-18(24)19(25)11-14(13)9-15/h1-4,10-11,15H,5-9,12H2,(H,26,27). The molecule has 1 aliphatic heterocycles. The van der Waals surface area contributed by atoms with E-state index in [2.05, 4.69) is 14.9 Å². The number of aromatic amines is 1. The Morgan fingerprint density at radius 1 is 0.964 bits per heavy atom. The lowest BCUT2D eigenvalue weighted by Gasteiger charge is -2.37. The van der Waals surface area contributed by atoms with E-state index in [4.69, 9.17) is 0 Å². The lowest BCUT2D eigenvalue weighted by atomic mass is 9.86. The second kappa shape index (κ2) is 6.78. The van der Waals surface area contributed by atoms with Crippen LogP contribution in [0.25, 0.3) is 11.4 Å². The maximum Gasteiger partial charge on any atom is 0.159 e. The van der Waals surface area contributed by atoms with Crippen LogP contribution in [0.2, 0.25) is 0 Å². The van der Waals surface area contributed by atoms with Gasteiger partial charge in [-0.2, -0.15) is 0 Å². The fourth-order valence-corrected chi connectivity index (χ4v) is 4.45. The third kappa shape index (κ3) is 3.02. The molecule has 3 aromatic rings. The Hall–Kier alpha value is -2.60. The number of H-pyrrole nitrogens is 1. The molecule has 2 aliphatic rings. The molecule has 0 saturated carbocycles. The highest BCUT2D eigenvalue weighted by atomic mass is 19.2. The van der Waals surface area contributed by atoms with Gasteiger partial charge in [-0.15, -0.1) is 0 Å². The van der Waals surface area contributed by atoms with Crippen LogP contribution in [0.1, 0.15) is 28.9 Å². The number of fused-ring (bicyclic) bond motifs is 2. The molecule has 28 heavy (non-hydrogen) atoms. The Bertz CT molecular complexity index is 1040. The molecule has 0 spiro atoms. The summed E-state index contributed by atoms with van der Waals surface area (Å²) in [5.74, 6) is -1.26. The van der Waals surface area contributed by atoms with Crippen molar-refractivity contribution in [2.75, 3.05) is 6.54 Å². The van der Waals surface area contributed by atoms with Crippen LogP contribution in [0.15, 0.2) is 36.4 Å².